The second-order valence-corrected chi connectivity index (χ2v) is 4.93. The fraction of sp³-hybridized carbons (Fsp3) is 0. The summed E-state index contributed by atoms with van der Waals surface area (Å²) in [5.74, 6) is -0.363. The topological polar surface area (TPSA) is 84.0 Å². The van der Waals surface area contributed by atoms with Gasteiger partial charge in [0.05, 0.1) is 0 Å². The molecule has 1 aromatic heterocycles. The van der Waals surface area contributed by atoms with Gasteiger partial charge in [-0.1, -0.05) is 24.3 Å². The number of carbonyl (C=O) groups is 2. The third kappa shape index (κ3) is 3.80. The molecular formula is C18H14N4O2. The van der Waals surface area contributed by atoms with Gasteiger partial charge in [-0.2, -0.15) is 0 Å². The highest BCUT2D eigenvalue weighted by atomic mass is 16.2. The Hall–Kier alpha value is -3.54. The van der Waals surface area contributed by atoms with Gasteiger partial charge in [0, 0.05) is 29.2 Å². The number of carbonyl (C=O) groups excluding carboxylic acids is 2. The molecule has 0 atom stereocenters. The summed E-state index contributed by atoms with van der Waals surface area (Å²) in [6.07, 6.45) is 3.08. The SMILES string of the molecule is O=C(Nc1cccc(C(=O)Nc2ncccn2)c1)c1ccccc1. The van der Waals surface area contributed by atoms with Crippen molar-refractivity contribution in [2.24, 2.45) is 0 Å². The lowest BCUT2D eigenvalue weighted by Crippen LogP contribution is -2.15. The van der Waals surface area contributed by atoms with E-state index in [9.17, 15) is 9.59 Å². The first-order chi connectivity index (χ1) is 11.7. The molecule has 24 heavy (non-hydrogen) atoms. The first-order valence-corrected chi connectivity index (χ1v) is 7.27. The predicted molar refractivity (Wildman–Crippen MR) is 90.8 cm³/mol. The fourth-order valence-electron chi connectivity index (χ4n) is 2.07. The van der Waals surface area contributed by atoms with E-state index in [2.05, 4.69) is 20.6 Å². The number of nitrogens with zero attached hydrogens (tertiary/aromatic N) is 2. The van der Waals surface area contributed by atoms with Gasteiger partial charge in [0.2, 0.25) is 5.95 Å². The molecule has 0 unspecified atom stereocenters. The molecule has 1 heterocycles. The number of hydrogen-bond acceptors (Lipinski definition) is 4. The molecule has 0 bridgehead atoms. The van der Waals surface area contributed by atoms with Crippen molar-refractivity contribution in [1.82, 2.24) is 9.97 Å². The van der Waals surface area contributed by atoms with Gasteiger partial charge in [-0.25, -0.2) is 9.97 Å². The highest BCUT2D eigenvalue weighted by molar-refractivity contribution is 6.06. The van der Waals surface area contributed by atoms with E-state index in [4.69, 9.17) is 0 Å². The Bertz CT molecular complexity index is 851. The maximum absolute atomic E-state index is 12.2. The summed E-state index contributed by atoms with van der Waals surface area (Å²) in [6, 6.07) is 17.2. The minimum atomic E-state index is -0.350. The summed E-state index contributed by atoms with van der Waals surface area (Å²) in [6.45, 7) is 0. The second kappa shape index (κ2) is 7.15. The summed E-state index contributed by atoms with van der Waals surface area (Å²) in [5.41, 5.74) is 1.48. The first kappa shape index (κ1) is 15.4. The Labute approximate surface area is 138 Å². The van der Waals surface area contributed by atoms with Gasteiger partial charge in [0.15, 0.2) is 0 Å². The molecule has 6 heteroatoms. The van der Waals surface area contributed by atoms with Crippen LogP contribution in [0.25, 0.3) is 0 Å². The van der Waals surface area contributed by atoms with Crippen LogP contribution in [0.4, 0.5) is 11.6 Å². The number of nitrogens with one attached hydrogen (secondary N) is 2. The molecule has 0 aliphatic rings. The van der Waals surface area contributed by atoms with Gasteiger partial charge >= 0.3 is 0 Å². The van der Waals surface area contributed by atoms with Crippen molar-refractivity contribution in [2.75, 3.05) is 10.6 Å². The number of rotatable bonds is 4. The molecular weight excluding hydrogens is 304 g/mol. The Morgan fingerprint density at radius 2 is 1.38 bits per heavy atom. The zero-order valence-corrected chi connectivity index (χ0v) is 12.6. The molecule has 2 aromatic carbocycles. The van der Waals surface area contributed by atoms with Crippen molar-refractivity contribution in [3.8, 4) is 0 Å². The third-order valence-electron chi connectivity index (χ3n) is 3.21. The van der Waals surface area contributed by atoms with E-state index in [0.717, 1.165) is 0 Å². The molecule has 0 radical (unpaired) electrons. The molecule has 2 N–H and O–H groups in total. The number of aromatic nitrogens is 2. The van der Waals surface area contributed by atoms with Crippen molar-refractivity contribution >= 4 is 23.5 Å². The van der Waals surface area contributed by atoms with Gasteiger partial charge in [-0.3, -0.25) is 14.9 Å². The highest BCUT2D eigenvalue weighted by Gasteiger charge is 2.10. The lowest BCUT2D eigenvalue weighted by molar-refractivity contribution is 0.101. The number of benzene rings is 2. The van der Waals surface area contributed by atoms with Gasteiger partial charge in [-0.05, 0) is 36.4 Å². The van der Waals surface area contributed by atoms with Crippen molar-refractivity contribution in [1.29, 1.82) is 0 Å². The van der Waals surface area contributed by atoms with Gasteiger partial charge < -0.3 is 5.32 Å². The smallest absolute Gasteiger partial charge is 0.258 e. The van der Waals surface area contributed by atoms with Crippen LogP contribution in [0.3, 0.4) is 0 Å². The minimum Gasteiger partial charge on any atom is -0.322 e. The Balaban J connectivity index is 1.72. The van der Waals surface area contributed by atoms with Gasteiger partial charge in [0.1, 0.15) is 0 Å². The van der Waals surface area contributed by atoms with Crippen molar-refractivity contribution in [2.45, 2.75) is 0 Å². The molecule has 3 aromatic rings. The molecule has 0 fully saturated rings. The lowest BCUT2D eigenvalue weighted by atomic mass is 10.1. The van der Waals surface area contributed by atoms with E-state index in [0.29, 0.717) is 16.8 Å². The summed E-state index contributed by atoms with van der Waals surface area (Å²) in [5, 5.41) is 5.36. The summed E-state index contributed by atoms with van der Waals surface area (Å²) in [4.78, 5) is 32.3. The van der Waals surface area contributed by atoms with E-state index in [1.165, 1.54) is 0 Å². The summed E-state index contributed by atoms with van der Waals surface area (Å²) >= 11 is 0. The molecule has 0 spiro atoms. The molecule has 118 valence electrons. The fourth-order valence-corrected chi connectivity index (χ4v) is 2.07. The summed E-state index contributed by atoms with van der Waals surface area (Å²) < 4.78 is 0. The number of hydrogen-bond donors (Lipinski definition) is 2. The minimum absolute atomic E-state index is 0.223. The third-order valence-corrected chi connectivity index (χ3v) is 3.21. The average Bonchev–Trinajstić information content (AvgIpc) is 2.63. The zero-order valence-electron chi connectivity index (χ0n) is 12.6. The predicted octanol–water partition coefficient (Wildman–Crippen LogP) is 2.98. The largest absolute Gasteiger partial charge is 0.322 e. The monoisotopic (exact) mass is 318 g/mol. The second-order valence-electron chi connectivity index (χ2n) is 4.93. The molecule has 6 nitrogen and oxygen atoms in total. The van der Waals surface area contributed by atoms with E-state index in [1.807, 2.05) is 6.07 Å². The van der Waals surface area contributed by atoms with Crippen LogP contribution in [-0.2, 0) is 0 Å². The lowest BCUT2D eigenvalue weighted by Gasteiger charge is -2.08. The highest BCUT2D eigenvalue weighted by Crippen LogP contribution is 2.13. The molecule has 2 amide bonds. The standard InChI is InChI=1S/C18H14N4O2/c23-16(13-6-2-1-3-7-13)21-15-9-4-8-14(12-15)17(24)22-18-19-10-5-11-20-18/h1-12H,(H,21,23)(H,19,20,22,24). The number of amides is 2. The van der Waals surface area contributed by atoms with Gasteiger partial charge in [0.25, 0.3) is 11.8 Å². The zero-order chi connectivity index (χ0) is 16.8. The first-order valence-electron chi connectivity index (χ1n) is 7.27. The maximum Gasteiger partial charge on any atom is 0.258 e. The Morgan fingerprint density at radius 1 is 0.708 bits per heavy atom. The summed E-state index contributed by atoms with van der Waals surface area (Å²) in [7, 11) is 0. The maximum atomic E-state index is 12.2. The molecule has 0 aliphatic heterocycles. The van der Waals surface area contributed by atoms with E-state index in [1.54, 1.807) is 67.0 Å². The molecule has 0 aliphatic carbocycles. The van der Waals surface area contributed by atoms with Crippen LogP contribution in [0.5, 0.6) is 0 Å². The van der Waals surface area contributed by atoms with Crippen LogP contribution < -0.4 is 10.6 Å². The van der Waals surface area contributed by atoms with Gasteiger partial charge in [-0.15, -0.1) is 0 Å². The van der Waals surface area contributed by atoms with E-state index in [-0.39, 0.29) is 17.8 Å². The van der Waals surface area contributed by atoms with Crippen LogP contribution in [0.1, 0.15) is 20.7 Å². The van der Waals surface area contributed by atoms with E-state index >= 15 is 0 Å². The Morgan fingerprint density at radius 3 is 2.12 bits per heavy atom. The molecule has 3 rings (SSSR count). The van der Waals surface area contributed by atoms with Crippen LogP contribution in [0, 0.1) is 0 Å². The van der Waals surface area contributed by atoms with Crippen molar-refractivity contribution in [3.05, 3.63) is 84.2 Å². The van der Waals surface area contributed by atoms with Crippen LogP contribution in [0.15, 0.2) is 73.1 Å². The average molecular weight is 318 g/mol. The normalized spacial score (nSPS) is 10.0. The number of anilines is 2. The quantitative estimate of drug-likeness (QED) is 0.774. The van der Waals surface area contributed by atoms with Crippen molar-refractivity contribution in [3.63, 3.8) is 0 Å². The Kier molecular flexibility index (Phi) is 4.57. The molecule has 0 saturated heterocycles. The van der Waals surface area contributed by atoms with Crippen LogP contribution >= 0.6 is 0 Å². The van der Waals surface area contributed by atoms with E-state index < -0.39 is 0 Å². The van der Waals surface area contributed by atoms with Crippen molar-refractivity contribution < 1.29 is 9.59 Å². The van der Waals surface area contributed by atoms with Crippen LogP contribution in [0.2, 0.25) is 0 Å². The van der Waals surface area contributed by atoms with Crippen LogP contribution in [-0.4, -0.2) is 21.8 Å². The molecule has 0 saturated carbocycles.